The quantitative estimate of drug-likeness (QED) is 0.397. The Morgan fingerprint density at radius 3 is 2.07 bits per heavy atom. The molecule has 0 spiro atoms. The van der Waals surface area contributed by atoms with Crippen LogP contribution in [0.5, 0.6) is 0 Å². The molecule has 0 amide bonds. The number of hydrogen-bond acceptors (Lipinski definition) is 4. The monoisotopic (exact) mass is 200 g/mol. The molecule has 0 radical (unpaired) electrons. The van der Waals surface area contributed by atoms with Crippen LogP contribution in [0.2, 0.25) is 0 Å². The Balaban J connectivity index is 4.34. The molecular formula is C10H20N2O2. The maximum atomic E-state index is 5.32. The van der Waals surface area contributed by atoms with Crippen molar-refractivity contribution in [2.45, 2.75) is 34.6 Å². The molecule has 0 atom stereocenters. The van der Waals surface area contributed by atoms with Crippen LogP contribution in [0.25, 0.3) is 0 Å². The molecule has 4 heteroatoms. The first-order valence-electron chi connectivity index (χ1n) is 4.99. The van der Waals surface area contributed by atoms with E-state index < -0.39 is 0 Å². The normalized spacial score (nSPS) is 13.3. The van der Waals surface area contributed by atoms with Gasteiger partial charge in [-0.1, -0.05) is 13.8 Å². The van der Waals surface area contributed by atoms with E-state index in [0.717, 1.165) is 0 Å². The molecule has 0 aliphatic carbocycles. The van der Waals surface area contributed by atoms with Gasteiger partial charge < -0.3 is 9.47 Å². The van der Waals surface area contributed by atoms with Crippen molar-refractivity contribution in [3.8, 4) is 0 Å². The third-order valence-electron chi connectivity index (χ3n) is 1.43. The minimum absolute atomic E-state index is 0.244. The van der Waals surface area contributed by atoms with Crippen LogP contribution in [-0.4, -0.2) is 25.0 Å². The summed E-state index contributed by atoms with van der Waals surface area (Å²) in [5, 5.41) is 7.90. The fourth-order valence-electron chi connectivity index (χ4n) is 0.816. The van der Waals surface area contributed by atoms with E-state index in [9.17, 15) is 0 Å². The second-order valence-electron chi connectivity index (χ2n) is 3.08. The van der Waals surface area contributed by atoms with E-state index >= 15 is 0 Å². The van der Waals surface area contributed by atoms with E-state index in [4.69, 9.17) is 9.47 Å². The lowest BCUT2D eigenvalue weighted by atomic mass is 10.2. The van der Waals surface area contributed by atoms with E-state index in [0.29, 0.717) is 25.0 Å². The Hall–Kier alpha value is -1.06. The molecular weight excluding hydrogens is 180 g/mol. The molecule has 0 N–H and O–H groups in total. The van der Waals surface area contributed by atoms with Crippen LogP contribution in [0.1, 0.15) is 34.6 Å². The predicted molar refractivity (Wildman–Crippen MR) is 58.6 cm³/mol. The first-order chi connectivity index (χ1) is 6.61. The molecule has 0 aromatic heterocycles. The molecule has 0 rings (SSSR count). The zero-order valence-corrected chi connectivity index (χ0v) is 9.70. The van der Waals surface area contributed by atoms with Crippen molar-refractivity contribution in [3.63, 3.8) is 0 Å². The largest absolute Gasteiger partial charge is 0.480 e. The van der Waals surface area contributed by atoms with E-state index in [2.05, 4.69) is 10.2 Å². The summed E-state index contributed by atoms with van der Waals surface area (Å²) >= 11 is 0. The van der Waals surface area contributed by atoms with Crippen LogP contribution in [0.3, 0.4) is 0 Å². The summed E-state index contributed by atoms with van der Waals surface area (Å²) in [5.41, 5.74) is 0. The lowest BCUT2D eigenvalue weighted by molar-refractivity contribution is 0.302. The lowest BCUT2D eigenvalue weighted by Crippen LogP contribution is -2.12. The van der Waals surface area contributed by atoms with Gasteiger partial charge in [0, 0.05) is 12.8 Å². The van der Waals surface area contributed by atoms with E-state index in [1.807, 2.05) is 27.7 Å². The minimum atomic E-state index is 0.244. The molecule has 0 bridgehead atoms. The third kappa shape index (κ3) is 5.56. The standard InChI is InChI=1S/C10H20N2O2/c1-6-13-9(5)11-12-10(8(3)4)14-7-2/h8H,6-7H2,1-5H3/b11-9+,12-10-. The molecule has 82 valence electrons. The van der Waals surface area contributed by atoms with Gasteiger partial charge in [0.2, 0.25) is 11.8 Å². The Labute approximate surface area is 86.0 Å². The van der Waals surface area contributed by atoms with Gasteiger partial charge in [-0.25, -0.2) is 0 Å². The van der Waals surface area contributed by atoms with Crippen molar-refractivity contribution < 1.29 is 9.47 Å². The second-order valence-corrected chi connectivity index (χ2v) is 3.08. The summed E-state index contributed by atoms with van der Waals surface area (Å²) in [6, 6.07) is 0. The van der Waals surface area contributed by atoms with Gasteiger partial charge >= 0.3 is 0 Å². The van der Waals surface area contributed by atoms with E-state index in [1.54, 1.807) is 6.92 Å². The van der Waals surface area contributed by atoms with Gasteiger partial charge in [0.05, 0.1) is 13.2 Å². The molecule has 0 heterocycles. The summed E-state index contributed by atoms with van der Waals surface area (Å²) in [6.45, 7) is 10.9. The summed E-state index contributed by atoms with van der Waals surface area (Å²) < 4.78 is 10.5. The van der Waals surface area contributed by atoms with Crippen LogP contribution in [0, 0.1) is 5.92 Å². The molecule has 0 aliphatic rings. The number of ether oxygens (including phenoxy) is 2. The molecule has 0 saturated carbocycles. The average molecular weight is 200 g/mol. The Bertz CT molecular complexity index is 210. The first kappa shape index (κ1) is 12.9. The molecule has 0 aromatic carbocycles. The highest BCUT2D eigenvalue weighted by atomic mass is 16.5. The zero-order valence-electron chi connectivity index (χ0n) is 9.70. The van der Waals surface area contributed by atoms with Gasteiger partial charge in [0.1, 0.15) is 0 Å². The van der Waals surface area contributed by atoms with Crippen LogP contribution < -0.4 is 0 Å². The van der Waals surface area contributed by atoms with Crippen LogP contribution >= 0.6 is 0 Å². The maximum Gasteiger partial charge on any atom is 0.211 e. The van der Waals surface area contributed by atoms with E-state index in [-0.39, 0.29) is 5.92 Å². The van der Waals surface area contributed by atoms with Crippen molar-refractivity contribution in [1.29, 1.82) is 0 Å². The molecule has 0 unspecified atom stereocenters. The smallest absolute Gasteiger partial charge is 0.211 e. The highest BCUT2D eigenvalue weighted by Crippen LogP contribution is 2.00. The minimum Gasteiger partial charge on any atom is -0.480 e. The second kappa shape index (κ2) is 7.35. The van der Waals surface area contributed by atoms with Gasteiger partial charge in [-0.15, -0.1) is 10.2 Å². The Kier molecular flexibility index (Phi) is 6.80. The summed E-state index contributed by atoms with van der Waals surface area (Å²) in [5.74, 6) is 1.45. The van der Waals surface area contributed by atoms with Crippen molar-refractivity contribution in [1.82, 2.24) is 0 Å². The highest BCUT2D eigenvalue weighted by Gasteiger charge is 2.05. The third-order valence-corrected chi connectivity index (χ3v) is 1.43. The van der Waals surface area contributed by atoms with E-state index in [1.165, 1.54) is 0 Å². The van der Waals surface area contributed by atoms with Crippen molar-refractivity contribution >= 4 is 11.8 Å². The topological polar surface area (TPSA) is 43.2 Å². The Morgan fingerprint density at radius 1 is 1.07 bits per heavy atom. The van der Waals surface area contributed by atoms with Crippen LogP contribution in [0.15, 0.2) is 10.2 Å². The zero-order chi connectivity index (χ0) is 11.0. The summed E-state index contributed by atoms with van der Waals surface area (Å²) in [4.78, 5) is 0. The van der Waals surface area contributed by atoms with Crippen molar-refractivity contribution in [2.75, 3.05) is 13.2 Å². The fraction of sp³-hybridized carbons (Fsp3) is 0.800. The average Bonchev–Trinajstić information content (AvgIpc) is 2.12. The molecule has 0 aliphatic heterocycles. The van der Waals surface area contributed by atoms with Gasteiger partial charge in [-0.05, 0) is 13.8 Å². The SMILES string of the molecule is CCO/C(=N\N=C(/C)OCC)C(C)C. The lowest BCUT2D eigenvalue weighted by Gasteiger charge is -2.08. The first-order valence-corrected chi connectivity index (χ1v) is 4.99. The molecule has 0 fully saturated rings. The number of rotatable bonds is 4. The van der Waals surface area contributed by atoms with Crippen LogP contribution in [0.4, 0.5) is 0 Å². The predicted octanol–water partition coefficient (Wildman–Crippen LogP) is 2.45. The fourth-order valence-corrected chi connectivity index (χ4v) is 0.816. The van der Waals surface area contributed by atoms with Crippen LogP contribution in [-0.2, 0) is 9.47 Å². The number of nitrogens with zero attached hydrogens (tertiary/aromatic N) is 2. The van der Waals surface area contributed by atoms with Gasteiger partial charge in [-0.3, -0.25) is 0 Å². The molecule has 14 heavy (non-hydrogen) atoms. The molecule has 0 saturated heterocycles. The van der Waals surface area contributed by atoms with Gasteiger partial charge in [0.25, 0.3) is 0 Å². The maximum absolute atomic E-state index is 5.32. The van der Waals surface area contributed by atoms with Gasteiger partial charge in [0.15, 0.2) is 0 Å². The van der Waals surface area contributed by atoms with Crippen molar-refractivity contribution in [3.05, 3.63) is 0 Å². The molecule has 4 nitrogen and oxygen atoms in total. The summed E-state index contributed by atoms with van der Waals surface area (Å²) in [7, 11) is 0. The van der Waals surface area contributed by atoms with Gasteiger partial charge in [-0.2, -0.15) is 0 Å². The summed E-state index contributed by atoms with van der Waals surface area (Å²) in [6.07, 6.45) is 0. The highest BCUT2D eigenvalue weighted by molar-refractivity contribution is 5.80. The number of hydrogen-bond donors (Lipinski definition) is 0. The molecule has 0 aromatic rings. The Morgan fingerprint density at radius 2 is 1.64 bits per heavy atom. The van der Waals surface area contributed by atoms with Crippen molar-refractivity contribution in [2.24, 2.45) is 16.1 Å².